The number of rotatable bonds is 5. The van der Waals surface area contributed by atoms with Gasteiger partial charge in [0.1, 0.15) is 6.54 Å². The van der Waals surface area contributed by atoms with Crippen LogP contribution >= 0.6 is 0 Å². The third-order valence-electron chi connectivity index (χ3n) is 5.77. The number of fused-ring (bicyclic) bond motifs is 1. The molecule has 0 radical (unpaired) electrons. The summed E-state index contributed by atoms with van der Waals surface area (Å²) in [5, 5.41) is 9.04. The Morgan fingerprint density at radius 1 is 1.13 bits per heavy atom. The van der Waals surface area contributed by atoms with Crippen molar-refractivity contribution in [2.45, 2.75) is 39.7 Å². The van der Waals surface area contributed by atoms with Crippen LogP contribution in [0.2, 0.25) is 0 Å². The number of hydrogen-bond acceptors (Lipinski definition) is 4. The molecule has 4 rings (SSSR count). The minimum Gasteiger partial charge on any atom is -0.354 e. The number of aryl methyl sites for hydroxylation is 1. The highest BCUT2D eigenvalue weighted by Crippen LogP contribution is 2.26. The number of nitrogens with zero attached hydrogens (tertiary/aromatic N) is 3. The van der Waals surface area contributed by atoms with Gasteiger partial charge < -0.3 is 10.2 Å². The monoisotopic (exact) mass is 404 g/mol. The largest absolute Gasteiger partial charge is 0.354 e. The molecule has 1 amide bonds. The summed E-state index contributed by atoms with van der Waals surface area (Å²) >= 11 is 0. The van der Waals surface area contributed by atoms with Crippen LogP contribution in [-0.2, 0) is 17.8 Å². The van der Waals surface area contributed by atoms with Crippen molar-refractivity contribution in [3.05, 3.63) is 64.4 Å². The number of benzene rings is 2. The Kier molecular flexibility index (Phi) is 5.84. The van der Waals surface area contributed by atoms with E-state index in [0.717, 1.165) is 48.4 Å². The average Bonchev–Trinajstić information content (AvgIpc) is 2.76. The third kappa shape index (κ3) is 4.08. The lowest BCUT2D eigenvalue weighted by Gasteiger charge is -2.32. The molecule has 1 N–H and O–H groups in total. The van der Waals surface area contributed by atoms with E-state index in [2.05, 4.69) is 22.2 Å². The quantitative estimate of drug-likeness (QED) is 0.702. The van der Waals surface area contributed by atoms with Crippen molar-refractivity contribution in [2.24, 2.45) is 5.92 Å². The summed E-state index contributed by atoms with van der Waals surface area (Å²) in [5.74, 6) is 1.12. The Bertz CT molecular complexity index is 1120. The number of aromatic nitrogens is 2. The summed E-state index contributed by atoms with van der Waals surface area (Å²) in [6, 6.07) is 15.3. The van der Waals surface area contributed by atoms with Gasteiger partial charge in [0.25, 0.3) is 5.56 Å². The van der Waals surface area contributed by atoms with Crippen LogP contribution in [0, 0.1) is 5.92 Å². The molecule has 0 saturated carbocycles. The molecule has 1 aliphatic rings. The van der Waals surface area contributed by atoms with Gasteiger partial charge in [0.05, 0.1) is 5.39 Å². The fourth-order valence-electron chi connectivity index (χ4n) is 4.22. The zero-order valence-corrected chi connectivity index (χ0v) is 17.6. The lowest BCUT2D eigenvalue weighted by atomic mass is 10.00. The van der Waals surface area contributed by atoms with Gasteiger partial charge in [-0.15, -0.1) is 0 Å². The van der Waals surface area contributed by atoms with E-state index in [1.165, 1.54) is 11.1 Å². The van der Waals surface area contributed by atoms with E-state index in [4.69, 9.17) is 0 Å². The molecule has 1 aliphatic heterocycles. The molecular weight excluding hydrogens is 376 g/mol. The molecule has 0 spiro atoms. The van der Waals surface area contributed by atoms with E-state index in [9.17, 15) is 9.59 Å². The van der Waals surface area contributed by atoms with Crippen molar-refractivity contribution >= 4 is 28.2 Å². The molecule has 6 heteroatoms. The Balaban J connectivity index is 1.67. The Morgan fingerprint density at radius 3 is 2.63 bits per heavy atom. The maximum atomic E-state index is 13.0. The molecule has 1 unspecified atom stereocenters. The first-order chi connectivity index (χ1) is 14.6. The lowest BCUT2D eigenvalue weighted by molar-refractivity contribution is -0.117. The molecule has 2 aromatic carbocycles. The highest BCUT2D eigenvalue weighted by molar-refractivity contribution is 5.93. The Hall–Kier alpha value is -3.15. The topological polar surface area (TPSA) is 67.2 Å². The highest BCUT2D eigenvalue weighted by Gasteiger charge is 2.22. The first kappa shape index (κ1) is 20.1. The molecule has 156 valence electrons. The maximum Gasteiger partial charge on any atom is 0.275 e. The van der Waals surface area contributed by atoms with Gasteiger partial charge in [0.15, 0.2) is 5.82 Å². The second kappa shape index (κ2) is 8.69. The fourth-order valence-corrected chi connectivity index (χ4v) is 4.22. The number of piperidine rings is 1. The third-order valence-corrected chi connectivity index (χ3v) is 5.77. The number of amides is 1. The van der Waals surface area contributed by atoms with Crippen molar-refractivity contribution in [3.8, 4) is 0 Å². The minimum atomic E-state index is -0.251. The molecule has 2 heterocycles. The van der Waals surface area contributed by atoms with Crippen LogP contribution in [0.5, 0.6) is 0 Å². The molecule has 0 aliphatic carbocycles. The molecule has 6 nitrogen and oxygen atoms in total. The average molecular weight is 405 g/mol. The summed E-state index contributed by atoms with van der Waals surface area (Å²) in [7, 11) is 0. The smallest absolute Gasteiger partial charge is 0.275 e. The van der Waals surface area contributed by atoms with E-state index >= 15 is 0 Å². The number of carbonyl (C=O) groups is 1. The molecule has 1 aromatic heterocycles. The van der Waals surface area contributed by atoms with Gasteiger partial charge in [-0.05, 0) is 42.9 Å². The summed E-state index contributed by atoms with van der Waals surface area (Å²) in [6.45, 7) is 5.99. The van der Waals surface area contributed by atoms with E-state index in [1.807, 2.05) is 55.5 Å². The van der Waals surface area contributed by atoms with Crippen LogP contribution in [0.25, 0.3) is 10.8 Å². The number of anilines is 2. The molecule has 3 aromatic rings. The van der Waals surface area contributed by atoms with Gasteiger partial charge in [-0.2, -0.15) is 5.10 Å². The number of nitrogens with one attached hydrogen (secondary N) is 1. The van der Waals surface area contributed by atoms with Gasteiger partial charge >= 0.3 is 0 Å². The van der Waals surface area contributed by atoms with E-state index in [1.54, 1.807) is 0 Å². The molecule has 1 saturated heterocycles. The van der Waals surface area contributed by atoms with Gasteiger partial charge in [0.2, 0.25) is 5.91 Å². The van der Waals surface area contributed by atoms with Crippen molar-refractivity contribution in [3.63, 3.8) is 0 Å². The van der Waals surface area contributed by atoms with E-state index in [-0.39, 0.29) is 18.0 Å². The van der Waals surface area contributed by atoms with Crippen molar-refractivity contribution in [2.75, 3.05) is 23.3 Å². The Labute approximate surface area is 176 Å². The van der Waals surface area contributed by atoms with Gasteiger partial charge in [-0.1, -0.05) is 50.2 Å². The van der Waals surface area contributed by atoms with Gasteiger partial charge in [0, 0.05) is 24.2 Å². The predicted molar refractivity (Wildman–Crippen MR) is 121 cm³/mol. The second-order valence-electron chi connectivity index (χ2n) is 8.08. The Morgan fingerprint density at radius 2 is 1.87 bits per heavy atom. The van der Waals surface area contributed by atoms with Crippen LogP contribution in [0.1, 0.15) is 32.3 Å². The van der Waals surface area contributed by atoms with Crippen LogP contribution in [0.3, 0.4) is 0 Å². The summed E-state index contributed by atoms with van der Waals surface area (Å²) in [5.41, 5.74) is 1.61. The van der Waals surface area contributed by atoms with Gasteiger partial charge in [-0.3, -0.25) is 9.59 Å². The molecular formula is C24H28N4O2. The fraction of sp³-hybridized carbons (Fsp3) is 0.375. The van der Waals surface area contributed by atoms with Crippen molar-refractivity contribution in [1.82, 2.24) is 9.78 Å². The van der Waals surface area contributed by atoms with Crippen LogP contribution in [-0.4, -0.2) is 28.8 Å². The van der Waals surface area contributed by atoms with E-state index in [0.29, 0.717) is 11.3 Å². The number of hydrogen-bond donors (Lipinski definition) is 1. The number of carbonyl (C=O) groups excluding carboxylic acids is 1. The predicted octanol–water partition coefficient (Wildman–Crippen LogP) is 3.83. The van der Waals surface area contributed by atoms with Crippen molar-refractivity contribution < 1.29 is 4.79 Å². The molecule has 1 atom stereocenters. The molecule has 1 fully saturated rings. The minimum absolute atomic E-state index is 0.113. The van der Waals surface area contributed by atoms with Crippen LogP contribution < -0.4 is 15.8 Å². The summed E-state index contributed by atoms with van der Waals surface area (Å²) < 4.78 is 1.31. The van der Waals surface area contributed by atoms with Gasteiger partial charge in [-0.25, -0.2) is 4.68 Å². The zero-order valence-electron chi connectivity index (χ0n) is 17.6. The lowest BCUT2D eigenvalue weighted by Crippen LogP contribution is -2.38. The van der Waals surface area contributed by atoms with Crippen LogP contribution in [0.4, 0.5) is 11.5 Å². The maximum absolute atomic E-state index is 13.0. The van der Waals surface area contributed by atoms with E-state index < -0.39 is 0 Å². The summed E-state index contributed by atoms with van der Waals surface area (Å²) in [6.07, 6.45) is 3.12. The second-order valence-corrected chi connectivity index (χ2v) is 8.08. The zero-order chi connectivity index (χ0) is 21.1. The molecule has 0 bridgehead atoms. The molecule has 30 heavy (non-hydrogen) atoms. The standard InChI is InChI=1S/C24H28N4O2/c1-3-18-10-4-7-13-21(18)25-22(29)16-28-24(30)20-12-6-5-11-19(20)23(26-28)27-14-8-9-17(2)15-27/h4-7,10-13,17H,3,8-9,14-16H2,1-2H3,(H,25,29). The SMILES string of the molecule is CCc1ccccc1NC(=O)Cn1nc(N2CCCC(C)C2)c2ccccc2c1=O. The van der Waals surface area contributed by atoms with Crippen molar-refractivity contribution in [1.29, 1.82) is 0 Å². The highest BCUT2D eigenvalue weighted by atomic mass is 16.2. The summed E-state index contributed by atoms with van der Waals surface area (Å²) in [4.78, 5) is 28.0. The first-order valence-corrected chi connectivity index (χ1v) is 10.7. The number of para-hydroxylation sites is 1. The normalized spacial score (nSPS) is 16.6. The first-order valence-electron chi connectivity index (χ1n) is 10.7. The van der Waals surface area contributed by atoms with Crippen LogP contribution in [0.15, 0.2) is 53.3 Å².